The summed E-state index contributed by atoms with van der Waals surface area (Å²) in [4.78, 5) is 20.2. The van der Waals surface area contributed by atoms with Gasteiger partial charge in [0.05, 0.1) is 28.5 Å². The van der Waals surface area contributed by atoms with Crippen molar-refractivity contribution in [3.05, 3.63) is 54.2 Å². The Bertz CT molecular complexity index is 1730. The molecule has 4 rings (SSSR count). The molecule has 0 aliphatic heterocycles. The molecule has 2 aromatic carbocycles. The normalized spacial score (nSPS) is 13.4. The highest BCUT2D eigenvalue weighted by Crippen LogP contribution is 2.40. The summed E-state index contributed by atoms with van der Waals surface area (Å²) in [5.41, 5.74) is -0.123. The summed E-state index contributed by atoms with van der Waals surface area (Å²) < 4.78 is 83.2. The number of benzene rings is 2. The molecule has 232 valence electrons. The van der Waals surface area contributed by atoms with Gasteiger partial charge in [-0.2, -0.15) is 23.0 Å². The van der Waals surface area contributed by atoms with Gasteiger partial charge in [-0.05, 0) is 30.7 Å². The van der Waals surface area contributed by atoms with Crippen molar-refractivity contribution in [3.8, 4) is 5.88 Å². The zero-order chi connectivity index (χ0) is 31.6. The van der Waals surface area contributed by atoms with Gasteiger partial charge in [-0.1, -0.05) is 50.8 Å². The van der Waals surface area contributed by atoms with Gasteiger partial charge in [0.1, 0.15) is 6.73 Å². The van der Waals surface area contributed by atoms with E-state index in [0.29, 0.717) is 10.1 Å². The largest absolute Gasteiger partial charge is 0.463 e. The van der Waals surface area contributed by atoms with E-state index in [2.05, 4.69) is 34.7 Å². The molecule has 0 radical (unpaired) electrons. The number of fused-ring (bicyclic) bond motifs is 2. The van der Waals surface area contributed by atoms with Crippen LogP contribution in [0, 0.1) is 0 Å². The van der Waals surface area contributed by atoms with Crippen molar-refractivity contribution in [3.63, 3.8) is 0 Å². The predicted octanol–water partition coefficient (Wildman–Crippen LogP) is 6.05. The first-order valence-electron chi connectivity index (χ1n) is 13.4. The lowest BCUT2D eigenvalue weighted by Crippen LogP contribution is -2.37. The molecule has 0 amide bonds. The maximum Gasteiger partial charge on any atom is 0.432 e. The average Bonchev–Trinajstić information content (AvgIpc) is 3.33. The Kier molecular flexibility index (Phi) is 9.32. The first-order chi connectivity index (χ1) is 20.1. The molecule has 1 atom stereocenters. The molecule has 0 fully saturated rings. The Balaban J connectivity index is 1.84. The highest BCUT2D eigenvalue weighted by atomic mass is 32.2. The molecule has 16 heteroatoms. The molecule has 1 N–H and O–H groups in total. The second kappa shape index (κ2) is 12.5. The van der Waals surface area contributed by atoms with Gasteiger partial charge in [0.2, 0.25) is 21.9 Å². The highest BCUT2D eigenvalue weighted by Gasteiger charge is 2.45. The Morgan fingerprint density at radius 3 is 2.40 bits per heavy atom. The molecule has 0 aliphatic rings. The molecule has 43 heavy (non-hydrogen) atoms. The van der Waals surface area contributed by atoms with E-state index in [9.17, 15) is 31.5 Å². The van der Waals surface area contributed by atoms with E-state index in [1.54, 1.807) is 25.1 Å². The maximum atomic E-state index is 14.6. The van der Waals surface area contributed by atoms with Crippen LogP contribution in [0.15, 0.2) is 48.7 Å². The van der Waals surface area contributed by atoms with Crippen LogP contribution in [0.3, 0.4) is 0 Å². The van der Waals surface area contributed by atoms with Gasteiger partial charge in [-0.25, -0.2) is 27.5 Å². The Morgan fingerprint density at radius 1 is 1.12 bits per heavy atom. The van der Waals surface area contributed by atoms with E-state index in [1.807, 2.05) is 0 Å². The lowest BCUT2D eigenvalue weighted by molar-refractivity contribution is -0.198. The molecule has 2 aromatic heterocycles. The second-order valence-corrected chi connectivity index (χ2v) is 18.7. The summed E-state index contributed by atoms with van der Waals surface area (Å²) in [5.74, 6) is -1.45. The summed E-state index contributed by atoms with van der Waals surface area (Å²) in [6.07, 6.45) is -7.72. The van der Waals surface area contributed by atoms with Crippen molar-refractivity contribution < 1.29 is 41.0 Å². The third-order valence-corrected chi connectivity index (χ3v) is 9.94. The zero-order valence-corrected chi connectivity index (χ0v) is 25.8. The molecule has 0 bridgehead atoms. The van der Waals surface area contributed by atoms with Crippen LogP contribution in [0.4, 0.5) is 23.8 Å². The fourth-order valence-corrected chi connectivity index (χ4v) is 6.28. The number of para-hydroxylation sites is 2. The number of anilines is 1. The van der Waals surface area contributed by atoms with Gasteiger partial charge in [-0.15, -0.1) is 0 Å². The Hall–Kier alpha value is -3.76. The van der Waals surface area contributed by atoms with Crippen LogP contribution in [0.1, 0.15) is 25.0 Å². The zero-order valence-electron chi connectivity index (χ0n) is 24.0. The highest BCUT2D eigenvalue weighted by molar-refractivity contribution is 7.92. The minimum absolute atomic E-state index is 0.0874. The number of sulfonamides is 1. The number of nitrogens with zero attached hydrogens (tertiary/aromatic N) is 5. The number of rotatable bonds is 12. The number of ether oxygens (including phenoxy) is 2. The molecular weight excluding hydrogens is 607 g/mol. The number of halogens is 3. The van der Waals surface area contributed by atoms with Crippen LogP contribution in [0.2, 0.25) is 25.7 Å². The van der Waals surface area contributed by atoms with Crippen LogP contribution in [0.5, 0.6) is 5.88 Å². The fourth-order valence-electron chi connectivity index (χ4n) is 4.17. The van der Waals surface area contributed by atoms with Gasteiger partial charge < -0.3 is 14.6 Å². The minimum Gasteiger partial charge on any atom is -0.463 e. The number of carboxylic acid groups (broad SMARTS) is 1. The quantitative estimate of drug-likeness (QED) is 0.112. The molecule has 0 saturated heterocycles. The number of hydrogen-bond donors (Lipinski definition) is 1. The van der Waals surface area contributed by atoms with Crippen molar-refractivity contribution in [2.75, 3.05) is 23.4 Å². The first kappa shape index (κ1) is 32.2. The van der Waals surface area contributed by atoms with E-state index in [4.69, 9.17) is 9.47 Å². The standard InChI is InChI=1S/C27H32F3N5O6SSi/c1-5-13-42(38,39)34(17-40-12-14-43(2,3)4)24-25(33-21-9-7-6-8-20(21)32-24)41-23(27(28,29)30)18-10-11-19-16-31-35(26(36)37)22(19)15-18/h6-11,15-16,23H,5,12-14,17H2,1-4H3,(H,36,37). The summed E-state index contributed by atoms with van der Waals surface area (Å²) in [6, 6.07) is 10.5. The summed E-state index contributed by atoms with van der Waals surface area (Å²) in [6.45, 7) is 7.77. The SMILES string of the molecule is CCCS(=O)(=O)N(COCC[Si](C)(C)C)c1nc2ccccc2nc1OC(c1ccc2cnn(C(=O)O)c2c1)C(F)(F)F. The number of alkyl halides is 3. The smallest absolute Gasteiger partial charge is 0.432 e. The van der Waals surface area contributed by atoms with Crippen molar-refractivity contribution >= 4 is 51.9 Å². The van der Waals surface area contributed by atoms with E-state index < -0.39 is 60.5 Å². The van der Waals surface area contributed by atoms with E-state index >= 15 is 0 Å². The van der Waals surface area contributed by atoms with Gasteiger partial charge in [0.15, 0.2) is 0 Å². The molecule has 0 aliphatic carbocycles. The number of carbonyl (C=O) groups is 1. The monoisotopic (exact) mass is 639 g/mol. The fraction of sp³-hybridized carbons (Fsp3) is 0.407. The average molecular weight is 640 g/mol. The van der Waals surface area contributed by atoms with E-state index in [-0.39, 0.29) is 35.3 Å². The predicted molar refractivity (Wildman–Crippen MR) is 158 cm³/mol. The molecular formula is C27H32F3N5O6SSi. The van der Waals surface area contributed by atoms with Crippen LogP contribution in [-0.4, -0.2) is 72.7 Å². The topological polar surface area (TPSA) is 137 Å². The van der Waals surface area contributed by atoms with Crippen molar-refractivity contribution in [1.29, 1.82) is 0 Å². The molecule has 4 aromatic rings. The lowest BCUT2D eigenvalue weighted by atomic mass is 10.1. The van der Waals surface area contributed by atoms with Crippen molar-refractivity contribution in [1.82, 2.24) is 19.7 Å². The third-order valence-electron chi connectivity index (χ3n) is 6.37. The first-order valence-corrected chi connectivity index (χ1v) is 18.7. The molecule has 0 saturated carbocycles. The lowest BCUT2D eigenvalue weighted by Gasteiger charge is -2.27. The van der Waals surface area contributed by atoms with Crippen LogP contribution < -0.4 is 9.04 Å². The third kappa shape index (κ3) is 7.61. The van der Waals surface area contributed by atoms with E-state index in [1.165, 1.54) is 18.3 Å². The summed E-state index contributed by atoms with van der Waals surface area (Å²) in [5, 5.41) is 13.4. The molecule has 0 spiro atoms. The summed E-state index contributed by atoms with van der Waals surface area (Å²) in [7, 11) is -5.66. The second-order valence-electron chi connectivity index (χ2n) is 11.1. The Morgan fingerprint density at radius 2 is 1.79 bits per heavy atom. The van der Waals surface area contributed by atoms with Crippen LogP contribution in [-0.2, 0) is 14.8 Å². The van der Waals surface area contributed by atoms with Gasteiger partial charge in [0, 0.05) is 25.6 Å². The van der Waals surface area contributed by atoms with Crippen molar-refractivity contribution in [2.24, 2.45) is 0 Å². The van der Waals surface area contributed by atoms with Crippen LogP contribution >= 0.6 is 0 Å². The van der Waals surface area contributed by atoms with Gasteiger partial charge >= 0.3 is 12.3 Å². The van der Waals surface area contributed by atoms with Gasteiger partial charge in [0.25, 0.3) is 5.88 Å². The molecule has 2 heterocycles. The van der Waals surface area contributed by atoms with Crippen LogP contribution in [0.25, 0.3) is 21.9 Å². The van der Waals surface area contributed by atoms with Gasteiger partial charge in [-0.3, -0.25) is 0 Å². The van der Waals surface area contributed by atoms with E-state index in [0.717, 1.165) is 22.5 Å². The minimum atomic E-state index is -5.02. The Labute approximate surface area is 247 Å². The maximum absolute atomic E-state index is 14.6. The van der Waals surface area contributed by atoms with Crippen molar-refractivity contribution in [2.45, 2.75) is 51.3 Å². The molecule has 1 unspecified atom stereocenters. The molecule has 11 nitrogen and oxygen atoms in total. The summed E-state index contributed by atoms with van der Waals surface area (Å²) >= 11 is 0. The number of hydrogen-bond acceptors (Lipinski definition) is 8. The number of aromatic nitrogens is 4.